The largest absolute Gasteiger partial charge is 0.346 e. The molecule has 0 amide bonds. The minimum absolute atomic E-state index is 0.272. The Kier molecular flexibility index (Phi) is 5.24. The Labute approximate surface area is 145 Å². The summed E-state index contributed by atoms with van der Waals surface area (Å²) in [5, 5.41) is 2.58. The van der Waals surface area contributed by atoms with Crippen LogP contribution in [0.15, 0.2) is 29.6 Å². The number of rotatable bonds is 5. The van der Waals surface area contributed by atoms with E-state index in [0.717, 1.165) is 10.7 Å². The van der Waals surface area contributed by atoms with Gasteiger partial charge in [-0.1, -0.05) is 0 Å². The van der Waals surface area contributed by atoms with Crippen molar-refractivity contribution in [2.45, 2.75) is 12.3 Å². The van der Waals surface area contributed by atoms with Crippen LogP contribution in [0.4, 0.5) is 27.1 Å². The highest BCUT2D eigenvalue weighted by Gasteiger charge is 2.42. The summed E-state index contributed by atoms with van der Waals surface area (Å²) in [6.07, 6.45) is -3.65. The van der Waals surface area contributed by atoms with Gasteiger partial charge in [-0.2, -0.15) is 8.78 Å². The van der Waals surface area contributed by atoms with Gasteiger partial charge in [-0.05, 0) is 24.3 Å². The maximum atomic E-state index is 13.1. The van der Waals surface area contributed by atoms with Crippen molar-refractivity contribution in [1.29, 1.82) is 0 Å². The lowest BCUT2D eigenvalue weighted by Crippen LogP contribution is -2.51. The maximum absolute atomic E-state index is 13.1. The Morgan fingerprint density at radius 1 is 1.08 bits per heavy atom. The first-order valence-electron chi connectivity index (χ1n) is 7.70. The highest BCUT2D eigenvalue weighted by Crippen LogP contribution is 2.29. The third-order valence-electron chi connectivity index (χ3n) is 4.03. The second-order valence-corrected chi connectivity index (χ2v) is 6.68. The smallest absolute Gasteiger partial charge is 0.319 e. The summed E-state index contributed by atoms with van der Waals surface area (Å²) < 4.78 is 63.8. The predicted molar refractivity (Wildman–Crippen MR) is 87.1 cm³/mol. The van der Waals surface area contributed by atoms with E-state index in [1.807, 2.05) is 10.3 Å². The van der Waals surface area contributed by atoms with E-state index in [2.05, 4.69) is 4.98 Å². The molecule has 1 fully saturated rings. The van der Waals surface area contributed by atoms with Gasteiger partial charge in [0.1, 0.15) is 5.82 Å². The van der Waals surface area contributed by atoms with Crippen LogP contribution >= 0.6 is 11.3 Å². The van der Waals surface area contributed by atoms with E-state index >= 15 is 0 Å². The lowest BCUT2D eigenvalue weighted by molar-refractivity contribution is -0.142. The van der Waals surface area contributed by atoms with Crippen LogP contribution in [0.1, 0.15) is 0 Å². The second-order valence-electron chi connectivity index (χ2n) is 5.85. The molecule has 0 radical (unpaired) electrons. The first-order valence-corrected chi connectivity index (χ1v) is 8.58. The van der Waals surface area contributed by atoms with E-state index in [-0.39, 0.29) is 18.9 Å². The van der Waals surface area contributed by atoms with Crippen molar-refractivity contribution in [3.05, 3.63) is 35.5 Å². The summed E-state index contributed by atoms with van der Waals surface area (Å²) in [6, 6.07) is 5.99. The monoisotopic (exact) mass is 377 g/mol. The van der Waals surface area contributed by atoms with Crippen LogP contribution in [-0.2, 0) is 0 Å². The fraction of sp³-hybridized carbons (Fsp3) is 0.438. The van der Waals surface area contributed by atoms with Crippen molar-refractivity contribution in [1.82, 2.24) is 9.88 Å². The van der Waals surface area contributed by atoms with Gasteiger partial charge in [-0.25, -0.2) is 18.2 Å². The van der Waals surface area contributed by atoms with Gasteiger partial charge in [0.15, 0.2) is 5.13 Å². The van der Waals surface area contributed by atoms with E-state index in [1.165, 1.54) is 28.4 Å². The number of benzene rings is 1. The van der Waals surface area contributed by atoms with Crippen LogP contribution in [0, 0.1) is 5.82 Å². The summed E-state index contributed by atoms with van der Waals surface area (Å²) >= 11 is 1.41. The Hall–Kier alpha value is -1.74. The van der Waals surface area contributed by atoms with Gasteiger partial charge in [0, 0.05) is 37.1 Å². The van der Waals surface area contributed by atoms with Gasteiger partial charge in [-0.3, -0.25) is 4.90 Å². The summed E-state index contributed by atoms with van der Waals surface area (Å²) in [5.41, 5.74) is 1.51. The molecule has 9 heteroatoms. The lowest BCUT2D eigenvalue weighted by Gasteiger charge is -2.35. The highest BCUT2D eigenvalue weighted by atomic mass is 32.1. The summed E-state index contributed by atoms with van der Waals surface area (Å²) in [6.45, 7) is 0.490. The molecule has 0 atom stereocenters. The summed E-state index contributed by atoms with van der Waals surface area (Å²) in [4.78, 5) is 7.78. The molecule has 0 spiro atoms. The normalized spacial score (nSPS) is 16.6. The zero-order valence-corrected chi connectivity index (χ0v) is 14.0. The predicted octanol–water partition coefficient (Wildman–Crippen LogP) is 3.97. The van der Waals surface area contributed by atoms with Crippen molar-refractivity contribution >= 4 is 16.5 Å². The van der Waals surface area contributed by atoms with E-state index in [4.69, 9.17) is 0 Å². The number of alkyl halides is 4. The van der Waals surface area contributed by atoms with Crippen LogP contribution in [0.5, 0.6) is 0 Å². The minimum atomic E-state index is -3.99. The SMILES string of the molecule is Fc1ccc(-c2csc(N3CCN(CC(F)(F)C(F)F)CC3)n2)cc1. The van der Waals surface area contributed by atoms with Gasteiger partial charge in [-0.15, -0.1) is 11.3 Å². The van der Waals surface area contributed by atoms with Gasteiger partial charge in [0.25, 0.3) is 0 Å². The van der Waals surface area contributed by atoms with Crippen molar-refractivity contribution in [2.24, 2.45) is 0 Å². The Morgan fingerprint density at radius 2 is 1.72 bits per heavy atom. The molecule has 2 heterocycles. The van der Waals surface area contributed by atoms with E-state index in [1.54, 1.807) is 12.1 Å². The fourth-order valence-electron chi connectivity index (χ4n) is 2.63. The molecular formula is C16H16F5N3S. The zero-order valence-electron chi connectivity index (χ0n) is 13.1. The molecule has 0 bridgehead atoms. The zero-order chi connectivity index (χ0) is 18.0. The quantitative estimate of drug-likeness (QED) is 0.735. The van der Waals surface area contributed by atoms with Crippen molar-refractivity contribution < 1.29 is 22.0 Å². The minimum Gasteiger partial charge on any atom is -0.346 e. The number of hydrogen-bond donors (Lipinski definition) is 0. The molecule has 136 valence electrons. The number of hydrogen-bond acceptors (Lipinski definition) is 4. The van der Waals surface area contributed by atoms with Gasteiger partial charge in [0.2, 0.25) is 0 Å². The number of aromatic nitrogens is 1. The van der Waals surface area contributed by atoms with E-state index in [0.29, 0.717) is 18.8 Å². The van der Waals surface area contributed by atoms with Crippen molar-refractivity contribution in [3.63, 3.8) is 0 Å². The first kappa shape index (κ1) is 18.1. The molecule has 0 N–H and O–H groups in total. The van der Waals surface area contributed by atoms with Gasteiger partial charge >= 0.3 is 12.3 Å². The Morgan fingerprint density at radius 3 is 2.32 bits per heavy atom. The second kappa shape index (κ2) is 7.25. The average Bonchev–Trinajstić information content (AvgIpc) is 3.06. The molecule has 1 aliphatic rings. The molecule has 1 aromatic carbocycles. The third-order valence-corrected chi connectivity index (χ3v) is 4.93. The maximum Gasteiger partial charge on any atom is 0.319 e. The van der Waals surface area contributed by atoms with E-state index in [9.17, 15) is 22.0 Å². The first-order chi connectivity index (χ1) is 11.8. The molecule has 0 unspecified atom stereocenters. The van der Waals surface area contributed by atoms with Crippen LogP contribution in [0.3, 0.4) is 0 Å². The molecule has 2 aromatic rings. The molecule has 1 aliphatic heterocycles. The number of anilines is 1. The Balaban J connectivity index is 1.59. The molecule has 1 aromatic heterocycles. The fourth-order valence-corrected chi connectivity index (χ4v) is 3.52. The average molecular weight is 377 g/mol. The van der Waals surface area contributed by atoms with Gasteiger partial charge < -0.3 is 4.90 Å². The molecule has 1 saturated heterocycles. The summed E-state index contributed by atoms with van der Waals surface area (Å²) in [5.74, 6) is -4.31. The number of halogens is 5. The molecule has 0 saturated carbocycles. The van der Waals surface area contributed by atoms with Crippen LogP contribution < -0.4 is 4.90 Å². The lowest BCUT2D eigenvalue weighted by atomic mass is 10.2. The molecule has 0 aliphatic carbocycles. The highest BCUT2D eigenvalue weighted by molar-refractivity contribution is 7.14. The topological polar surface area (TPSA) is 19.4 Å². The standard InChI is InChI=1S/C16H16F5N3S/c17-12-3-1-11(2-4-12)13-9-25-15(22-13)24-7-5-23(6-8-24)10-16(20,21)14(18)19/h1-4,9,14H,5-8,10H2. The number of piperazine rings is 1. The Bertz CT molecular complexity index is 696. The third kappa shape index (κ3) is 4.27. The molecule has 3 rings (SSSR count). The van der Waals surface area contributed by atoms with E-state index < -0.39 is 18.9 Å². The molecule has 3 nitrogen and oxygen atoms in total. The number of nitrogens with zero attached hydrogens (tertiary/aromatic N) is 3. The van der Waals surface area contributed by atoms with Crippen molar-refractivity contribution in [3.8, 4) is 11.3 Å². The molecule has 25 heavy (non-hydrogen) atoms. The van der Waals surface area contributed by atoms with Crippen LogP contribution in [0.25, 0.3) is 11.3 Å². The van der Waals surface area contributed by atoms with Crippen LogP contribution in [-0.4, -0.2) is 55.0 Å². The van der Waals surface area contributed by atoms with Gasteiger partial charge in [0.05, 0.1) is 12.2 Å². The summed E-state index contributed by atoms with van der Waals surface area (Å²) in [7, 11) is 0. The van der Waals surface area contributed by atoms with Crippen LogP contribution in [0.2, 0.25) is 0 Å². The van der Waals surface area contributed by atoms with Crippen molar-refractivity contribution in [2.75, 3.05) is 37.6 Å². The molecular weight excluding hydrogens is 361 g/mol. The number of thiazole rings is 1.